The number of hydrogen-bond acceptors (Lipinski definition) is 5. The molecule has 1 amide bonds. The summed E-state index contributed by atoms with van der Waals surface area (Å²) in [4.78, 5) is 18.2. The van der Waals surface area contributed by atoms with Crippen LogP contribution in [0.5, 0.6) is 0 Å². The largest absolute Gasteiger partial charge is 0.391 e. The number of nitrogens with zero attached hydrogens (tertiary/aromatic N) is 3. The molecule has 1 fully saturated rings. The molecule has 0 aliphatic carbocycles. The van der Waals surface area contributed by atoms with E-state index in [9.17, 15) is 9.90 Å². The van der Waals surface area contributed by atoms with Gasteiger partial charge in [0, 0.05) is 49.2 Å². The van der Waals surface area contributed by atoms with Gasteiger partial charge < -0.3 is 10.4 Å². The lowest BCUT2D eigenvalue weighted by molar-refractivity contribution is -0.114. The Labute approximate surface area is 163 Å². The second-order valence-corrected chi connectivity index (χ2v) is 7.66. The number of H-pyrrole nitrogens is 1. The first-order chi connectivity index (χ1) is 13.5. The molecule has 2 aromatic heterocycles. The van der Waals surface area contributed by atoms with Crippen LogP contribution in [0.2, 0.25) is 0 Å². The Morgan fingerprint density at radius 2 is 2.11 bits per heavy atom. The molecule has 28 heavy (non-hydrogen) atoms. The number of aryl methyl sites for hydroxylation is 1. The number of carbonyl (C=O) groups excluding carboxylic acids is 1. The molecule has 4 rings (SSSR count). The second-order valence-electron chi connectivity index (χ2n) is 7.66. The van der Waals surface area contributed by atoms with Gasteiger partial charge in [0.15, 0.2) is 0 Å². The van der Waals surface area contributed by atoms with Crippen LogP contribution in [0.3, 0.4) is 0 Å². The first-order valence-corrected chi connectivity index (χ1v) is 9.55. The molecular formula is C21H25N5O2. The van der Waals surface area contributed by atoms with E-state index in [0.29, 0.717) is 13.1 Å². The van der Waals surface area contributed by atoms with E-state index in [2.05, 4.69) is 20.4 Å². The molecule has 3 heterocycles. The van der Waals surface area contributed by atoms with Crippen LogP contribution in [0, 0.1) is 12.8 Å². The van der Waals surface area contributed by atoms with Crippen LogP contribution in [0.1, 0.15) is 24.0 Å². The lowest BCUT2D eigenvalue weighted by Crippen LogP contribution is -2.22. The number of rotatable bonds is 5. The number of likely N-dealkylation sites (tertiary alicyclic amines) is 1. The van der Waals surface area contributed by atoms with Crippen LogP contribution in [0.15, 0.2) is 36.4 Å². The molecule has 146 valence electrons. The van der Waals surface area contributed by atoms with Gasteiger partial charge in [0.1, 0.15) is 0 Å². The Balaban J connectivity index is 1.42. The Morgan fingerprint density at radius 1 is 1.25 bits per heavy atom. The Kier molecular flexibility index (Phi) is 5.11. The highest BCUT2D eigenvalue weighted by molar-refractivity contribution is 5.92. The number of pyridine rings is 1. The molecule has 3 aromatic rings. The number of aliphatic hydroxyl groups is 1. The van der Waals surface area contributed by atoms with Gasteiger partial charge in [0.05, 0.1) is 23.0 Å². The first-order valence-electron chi connectivity index (χ1n) is 9.55. The van der Waals surface area contributed by atoms with Crippen LogP contribution in [-0.4, -0.2) is 50.3 Å². The molecule has 0 radical (unpaired) electrons. The van der Waals surface area contributed by atoms with Gasteiger partial charge in [-0.15, -0.1) is 0 Å². The minimum Gasteiger partial charge on any atom is -0.391 e. The van der Waals surface area contributed by atoms with Gasteiger partial charge in [-0.25, -0.2) is 0 Å². The standard InChI is InChI=1S/C21H25N5O2/c1-13-7-19(25-24-13)9-16-10-26(12-21(16)28)11-18-4-3-15-8-17(22-14(2)27)5-6-20(15)23-18/h3-8,16,21,28H,9-12H2,1-2H3,(H,22,27)(H,24,25)/t16-,21+/m1/s1. The molecule has 1 aromatic carbocycles. The summed E-state index contributed by atoms with van der Waals surface area (Å²) in [5.74, 6) is 0.0967. The van der Waals surface area contributed by atoms with Gasteiger partial charge in [-0.2, -0.15) is 5.10 Å². The highest BCUT2D eigenvalue weighted by atomic mass is 16.3. The van der Waals surface area contributed by atoms with Crippen LogP contribution in [0.25, 0.3) is 10.9 Å². The van der Waals surface area contributed by atoms with Crippen LogP contribution in [0.4, 0.5) is 5.69 Å². The van der Waals surface area contributed by atoms with Crippen molar-refractivity contribution in [3.63, 3.8) is 0 Å². The predicted molar refractivity (Wildman–Crippen MR) is 108 cm³/mol. The van der Waals surface area contributed by atoms with Gasteiger partial charge in [-0.1, -0.05) is 6.07 Å². The lowest BCUT2D eigenvalue weighted by Gasteiger charge is -2.15. The van der Waals surface area contributed by atoms with Crippen LogP contribution >= 0.6 is 0 Å². The quantitative estimate of drug-likeness (QED) is 0.632. The fourth-order valence-corrected chi connectivity index (χ4v) is 3.88. The molecule has 1 saturated heterocycles. The summed E-state index contributed by atoms with van der Waals surface area (Å²) in [6.07, 6.45) is 0.427. The maximum Gasteiger partial charge on any atom is 0.221 e. The molecule has 1 aliphatic rings. The summed E-state index contributed by atoms with van der Waals surface area (Å²) >= 11 is 0. The summed E-state index contributed by atoms with van der Waals surface area (Å²) in [6, 6.07) is 11.8. The Bertz CT molecular complexity index is 999. The number of aromatic nitrogens is 3. The summed E-state index contributed by atoms with van der Waals surface area (Å²) in [7, 11) is 0. The molecular weight excluding hydrogens is 354 g/mol. The van der Waals surface area contributed by atoms with Gasteiger partial charge >= 0.3 is 0 Å². The highest BCUT2D eigenvalue weighted by Crippen LogP contribution is 2.24. The summed E-state index contributed by atoms with van der Waals surface area (Å²) in [5, 5.41) is 21.5. The molecule has 0 spiro atoms. The number of anilines is 1. The van der Waals surface area contributed by atoms with Crippen molar-refractivity contribution in [1.29, 1.82) is 0 Å². The fraction of sp³-hybridized carbons (Fsp3) is 0.381. The van der Waals surface area contributed by atoms with Crippen molar-refractivity contribution in [2.45, 2.75) is 32.9 Å². The van der Waals surface area contributed by atoms with E-state index in [1.165, 1.54) is 6.92 Å². The van der Waals surface area contributed by atoms with Crippen molar-refractivity contribution < 1.29 is 9.90 Å². The van der Waals surface area contributed by atoms with E-state index >= 15 is 0 Å². The Morgan fingerprint density at radius 3 is 2.86 bits per heavy atom. The number of aliphatic hydroxyl groups excluding tert-OH is 1. The number of hydrogen-bond donors (Lipinski definition) is 3. The SMILES string of the molecule is CC(=O)Nc1ccc2nc(CN3C[C@@H](Cc4cc(C)[nH]n4)[C@@H](O)C3)ccc2c1. The molecule has 0 saturated carbocycles. The topological polar surface area (TPSA) is 94.1 Å². The van der Waals surface area contributed by atoms with E-state index in [-0.39, 0.29) is 17.9 Å². The second kappa shape index (κ2) is 7.69. The number of benzene rings is 1. The summed E-state index contributed by atoms with van der Waals surface area (Å²) < 4.78 is 0. The van der Waals surface area contributed by atoms with Crippen molar-refractivity contribution in [2.75, 3.05) is 18.4 Å². The fourth-order valence-electron chi connectivity index (χ4n) is 3.88. The number of amides is 1. The zero-order chi connectivity index (χ0) is 19.7. The zero-order valence-corrected chi connectivity index (χ0v) is 16.1. The smallest absolute Gasteiger partial charge is 0.221 e. The minimum atomic E-state index is -0.349. The molecule has 7 heteroatoms. The van der Waals surface area contributed by atoms with Crippen molar-refractivity contribution in [3.05, 3.63) is 53.5 Å². The average molecular weight is 379 g/mol. The van der Waals surface area contributed by atoms with Crippen LogP contribution < -0.4 is 5.32 Å². The van der Waals surface area contributed by atoms with Crippen molar-refractivity contribution in [1.82, 2.24) is 20.1 Å². The number of β-amino-alcohol motifs (C(OH)–C–C–N with tert-alkyl or cyclic N) is 1. The zero-order valence-electron chi connectivity index (χ0n) is 16.1. The minimum absolute atomic E-state index is 0.0870. The molecule has 7 nitrogen and oxygen atoms in total. The van der Waals surface area contributed by atoms with Gasteiger partial charge in [0.2, 0.25) is 5.91 Å². The number of aromatic amines is 1. The molecule has 1 aliphatic heterocycles. The lowest BCUT2D eigenvalue weighted by atomic mass is 10.0. The third kappa shape index (κ3) is 4.21. The van der Waals surface area contributed by atoms with E-state index in [4.69, 9.17) is 4.98 Å². The summed E-state index contributed by atoms with van der Waals surface area (Å²) in [5.41, 5.74) is 4.69. The van der Waals surface area contributed by atoms with Crippen LogP contribution in [-0.2, 0) is 17.8 Å². The molecule has 0 unspecified atom stereocenters. The van der Waals surface area contributed by atoms with E-state index in [0.717, 1.165) is 46.6 Å². The number of carbonyl (C=O) groups is 1. The highest BCUT2D eigenvalue weighted by Gasteiger charge is 2.31. The first kappa shape index (κ1) is 18.6. The van der Waals surface area contributed by atoms with Gasteiger partial charge in [-0.05, 0) is 43.7 Å². The Hall–Kier alpha value is -2.77. The maximum absolute atomic E-state index is 11.2. The van der Waals surface area contributed by atoms with Gasteiger partial charge in [-0.3, -0.25) is 19.8 Å². The van der Waals surface area contributed by atoms with Crippen molar-refractivity contribution in [3.8, 4) is 0 Å². The molecule has 3 N–H and O–H groups in total. The third-order valence-corrected chi connectivity index (χ3v) is 5.17. The average Bonchev–Trinajstić information content (AvgIpc) is 3.20. The van der Waals surface area contributed by atoms with Crippen molar-refractivity contribution in [2.24, 2.45) is 5.92 Å². The maximum atomic E-state index is 11.2. The van der Waals surface area contributed by atoms with E-state index in [1.54, 1.807) is 0 Å². The van der Waals surface area contributed by atoms with E-state index < -0.39 is 0 Å². The normalized spacial score (nSPS) is 20.0. The molecule has 0 bridgehead atoms. The van der Waals surface area contributed by atoms with Gasteiger partial charge in [0.25, 0.3) is 0 Å². The van der Waals surface area contributed by atoms with E-state index in [1.807, 2.05) is 43.3 Å². The number of nitrogens with one attached hydrogen (secondary N) is 2. The predicted octanol–water partition coefficient (Wildman–Crippen LogP) is 2.26. The monoisotopic (exact) mass is 379 g/mol. The molecule has 2 atom stereocenters. The summed E-state index contributed by atoms with van der Waals surface area (Å²) in [6.45, 7) is 5.66. The number of fused-ring (bicyclic) bond motifs is 1. The van der Waals surface area contributed by atoms with Crippen molar-refractivity contribution >= 4 is 22.5 Å². The third-order valence-electron chi connectivity index (χ3n) is 5.17.